The number of fused-ring (bicyclic) bond motifs is 2. The summed E-state index contributed by atoms with van der Waals surface area (Å²) in [5, 5.41) is 0. The van der Waals surface area contributed by atoms with Crippen LogP contribution in [0, 0.1) is 23.2 Å². The second-order valence-corrected chi connectivity index (χ2v) is 8.93. The molecule has 5 unspecified atom stereocenters. The van der Waals surface area contributed by atoms with E-state index in [0.717, 1.165) is 6.92 Å². The zero-order valence-corrected chi connectivity index (χ0v) is 18.0. The van der Waals surface area contributed by atoms with Crippen molar-refractivity contribution < 1.29 is 71.7 Å². The molecule has 2 saturated carbocycles. The maximum atomic E-state index is 13.6. The fourth-order valence-corrected chi connectivity index (χ4v) is 4.19. The van der Waals surface area contributed by atoms with Crippen LogP contribution in [0.3, 0.4) is 0 Å². The van der Waals surface area contributed by atoms with E-state index in [1.165, 1.54) is 0 Å². The standard InChI is InChI=1S/C19H20F12O4/c1-3-14(2,18(26,27)28)13(33)35-11-6-8-4-9(11)10(5-8)12(32)34-7-15(20,21)16(22,23)17(24,25)19(29,30)31/h8-11H,3-7H2,1-2H3. The SMILES string of the molecule is CCC(C)(C(=O)OC1CC2CC(C(=O)OCC(F)(F)C(F)(F)C(F)(F)C(F)(F)F)C1C2)C(F)(F)F. The minimum atomic E-state index is -7.15. The van der Waals surface area contributed by atoms with Crippen LogP contribution in [-0.4, -0.2) is 54.8 Å². The third-order valence-corrected chi connectivity index (χ3v) is 6.70. The molecule has 35 heavy (non-hydrogen) atoms. The average molecular weight is 540 g/mol. The molecule has 16 heteroatoms. The van der Waals surface area contributed by atoms with E-state index in [9.17, 15) is 62.3 Å². The van der Waals surface area contributed by atoms with Crippen molar-refractivity contribution in [2.45, 2.75) is 75.8 Å². The first-order chi connectivity index (χ1) is 15.5. The van der Waals surface area contributed by atoms with Crippen LogP contribution < -0.4 is 0 Å². The Morgan fingerprint density at radius 2 is 1.34 bits per heavy atom. The van der Waals surface area contributed by atoms with E-state index in [1.807, 2.05) is 0 Å². The van der Waals surface area contributed by atoms with Gasteiger partial charge >= 0.3 is 42.1 Å². The van der Waals surface area contributed by atoms with Crippen molar-refractivity contribution in [2.24, 2.45) is 23.2 Å². The fourth-order valence-electron chi connectivity index (χ4n) is 4.19. The van der Waals surface area contributed by atoms with E-state index >= 15 is 0 Å². The van der Waals surface area contributed by atoms with E-state index in [0.29, 0.717) is 6.92 Å². The Morgan fingerprint density at radius 3 is 1.77 bits per heavy atom. The van der Waals surface area contributed by atoms with Crippen LogP contribution >= 0.6 is 0 Å². The van der Waals surface area contributed by atoms with Gasteiger partial charge in [-0.2, -0.15) is 52.7 Å². The molecule has 2 aliphatic carbocycles. The molecule has 4 nitrogen and oxygen atoms in total. The van der Waals surface area contributed by atoms with Crippen LogP contribution in [0.2, 0.25) is 0 Å². The van der Waals surface area contributed by atoms with Gasteiger partial charge in [0.2, 0.25) is 0 Å². The molecule has 0 aromatic heterocycles. The molecule has 2 fully saturated rings. The first-order valence-electron chi connectivity index (χ1n) is 10.2. The van der Waals surface area contributed by atoms with Crippen molar-refractivity contribution in [1.29, 1.82) is 0 Å². The smallest absolute Gasteiger partial charge is 0.460 e. The van der Waals surface area contributed by atoms with E-state index in [2.05, 4.69) is 4.74 Å². The lowest BCUT2D eigenvalue weighted by Gasteiger charge is -2.34. The summed E-state index contributed by atoms with van der Waals surface area (Å²) in [6.45, 7) is -1.15. The molecule has 0 N–H and O–H groups in total. The van der Waals surface area contributed by atoms with Crippen molar-refractivity contribution in [3.05, 3.63) is 0 Å². The second-order valence-electron chi connectivity index (χ2n) is 8.93. The minimum Gasteiger partial charge on any atom is -0.461 e. The molecular formula is C19H20F12O4. The van der Waals surface area contributed by atoms with E-state index in [4.69, 9.17) is 4.74 Å². The lowest BCUT2D eigenvalue weighted by molar-refractivity contribution is -0.399. The number of carbonyl (C=O) groups excluding carboxylic acids is 2. The van der Waals surface area contributed by atoms with Gasteiger partial charge in [-0.15, -0.1) is 0 Å². The number of halogens is 12. The van der Waals surface area contributed by atoms with Gasteiger partial charge in [0.1, 0.15) is 6.10 Å². The topological polar surface area (TPSA) is 52.6 Å². The average Bonchev–Trinajstić information content (AvgIpc) is 3.29. The maximum Gasteiger partial charge on any atom is 0.460 e. The van der Waals surface area contributed by atoms with Crippen molar-refractivity contribution in [3.8, 4) is 0 Å². The van der Waals surface area contributed by atoms with Gasteiger partial charge in [-0.1, -0.05) is 6.92 Å². The highest BCUT2D eigenvalue weighted by Gasteiger charge is 2.82. The number of hydrogen-bond acceptors (Lipinski definition) is 4. The first-order valence-corrected chi connectivity index (χ1v) is 10.2. The molecule has 2 rings (SSSR count). The number of esters is 2. The summed E-state index contributed by atoms with van der Waals surface area (Å²) in [4.78, 5) is 24.4. The Morgan fingerprint density at radius 1 is 0.800 bits per heavy atom. The molecule has 0 spiro atoms. The fraction of sp³-hybridized carbons (Fsp3) is 0.895. The molecule has 0 saturated heterocycles. The minimum absolute atomic E-state index is 0.0177. The van der Waals surface area contributed by atoms with Crippen molar-refractivity contribution in [2.75, 3.05) is 6.61 Å². The third kappa shape index (κ3) is 4.89. The van der Waals surface area contributed by atoms with E-state index < -0.39 is 84.4 Å². The lowest BCUT2D eigenvalue weighted by atomic mass is 9.84. The normalized spacial score (nSPS) is 27.5. The van der Waals surface area contributed by atoms with Crippen molar-refractivity contribution in [1.82, 2.24) is 0 Å². The Bertz CT molecular complexity index is 822. The van der Waals surface area contributed by atoms with Crippen LogP contribution in [0.25, 0.3) is 0 Å². The highest BCUT2D eigenvalue weighted by Crippen LogP contribution is 2.54. The Kier molecular flexibility index (Phi) is 7.45. The van der Waals surface area contributed by atoms with Crippen LogP contribution in [0.4, 0.5) is 52.7 Å². The van der Waals surface area contributed by atoms with Crippen molar-refractivity contribution >= 4 is 11.9 Å². The molecule has 2 aliphatic rings. The number of alkyl halides is 12. The zero-order valence-electron chi connectivity index (χ0n) is 18.0. The van der Waals surface area contributed by atoms with E-state index in [1.54, 1.807) is 0 Å². The van der Waals surface area contributed by atoms with Gasteiger partial charge in [-0.05, 0) is 38.5 Å². The first kappa shape index (κ1) is 29.3. The van der Waals surface area contributed by atoms with Crippen molar-refractivity contribution in [3.63, 3.8) is 0 Å². The number of ether oxygens (including phenoxy) is 2. The number of rotatable bonds is 8. The Balaban J connectivity index is 2.09. The van der Waals surface area contributed by atoms with Gasteiger partial charge in [0.25, 0.3) is 0 Å². The van der Waals surface area contributed by atoms with Gasteiger partial charge in [0.15, 0.2) is 12.0 Å². The second kappa shape index (κ2) is 8.89. The monoisotopic (exact) mass is 540 g/mol. The van der Waals surface area contributed by atoms with Crippen LogP contribution in [0.1, 0.15) is 39.5 Å². The molecule has 2 bridgehead atoms. The predicted octanol–water partition coefficient (Wildman–Crippen LogP) is 5.93. The summed E-state index contributed by atoms with van der Waals surface area (Å²) in [5.74, 6) is -26.5. The third-order valence-electron chi connectivity index (χ3n) is 6.70. The number of carbonyl (C=O) groups is 2. The number of hydrogen-bond donors (Lipinski definition) is 0. The zero-order chi connectivity index (χ0) is 27.4. The maximum absolute atomic E-state index is 13.6. The molecule has 0 amide bonds. The van der Waals surface area contributed by atoms with Gasteiger partial charge in [-0.3, -0.25) is 9.59 Å². The Hall–Kier alpha value is -1.90. The molecular weight excluding hydrogens is 520 g/mol. The van der Waals surface area contributed by atoms with Gasteiger partial charge < -0.3 is 9.47 Å². The highest BCUT2D eigenvalue weighted by atomic mass is 19.4. The summed E-state index contributed by atoms with van der Waals surface area (Å²) >= 11 is 0. The summed E-state index contributed by atoms with van der Waals surface area (Å²) in [6.07, 6.45) is -14.0. The lowest BCUT2D eigenvalue weighted by Crippen LogP contribution is -2.62. The molecule has 0 aromatic carbocycles. The molecule has 0 radical (unpaired) electrons. The molecule has 5 atom stereocenters. The van der Waals surface area contributed by atoms with Gasteiger partial charge in [0.05, 0.1) is 5.92 Å². The molecule has 0 heterocycles. The summed E-state index contributed by atoms with van der Waals surface area (Å²) in [7, 11) is 0. The molecule has 204 valence electrons. The molecule has 0 aliphatic heterocycles. The Labute approximate surface area is 190 Å². The van der Waals surface area contributed by atoms with Crippen LogP contribution in [-0.2, 0) is 19.1 Å². The summed E-state index contributed by atoms with van der Waals surface area (Å²) in [5.41, 5.74) is -2.89. The predicted molar refractivity (Wildman–Crippen MR) is 90.5 cm³/mol. The van der Waals surface area contributed by atoms with Crippen LogP contribution in [0.15, 0.2) is 0 Å². The van der Waals surface area contributed by atoms with Crippen LogP contribution in [0.5, 0.6) is 0 Å². The van der Waals surface area contributed by atoms with Gasteiger partial charge in [0, 0.05) is 5.92 Å². The molecule has 0 aromatic rings. The summed E-state index contributed by atoms with van der Waals surface area (Å²) < 4.78 is 165. The quantitative estimate of drug-likeness (QED) is 0.283. The highest BCUT2D eigenvalue weighted by molar-refractivity contribution is 5.78. The summed E-state index contributed by atoms with van der Waals surface area (Å²) in [6, 6.07) is 0. The van der Waals surface area contributed by atoms with E-state index in [-0.39, 0.29) is 19.3 Å². The van der Waals surface area contributed by atoms with Gasteiger partial charge in [-0.25, -0.2) is 0 Å². The largest absolute Gasteiger partial charge is 0.461 e.